The normalized spacial score (nSPS) is 12.3. The fourth-order valence-corrected chi connectivity index (χ4v) is 3.08. The predicted molar refractivity (Wildman–Crippen MR) is 84.2 cm³/mol. The average Bonchev–Trinajstić information content (AvgIpc) is 2.48. The molecule has 106 valence electrons. The second-order valence-corrected chi connectivity index (χ2v) is 6.05. The number of rotatable bonds is 6. The number of thioether (sulfide) groups is 1. The molecule has 2 nitrogen and oxygen atoms in total. The summed E-state index contributed by atoms with van der Waals surface area (Å²) in [4.78, 5) is 1.04. The van der Waals surface area contributed by atoms with Gasteiger partial charge in [-0.05, 0) is 41.8 Å². The van der Waals surface area contributed by atoms with E-state index >= 15 is 0 Å². The molecular weight excluding hydrogens is 268 g/mol. The van der Waals surface area contributed by atoms with Gasteiger partial charge in [-0.3, -0.25) is 0 Å². The van der Waals surface area contributed by atoms with Crippen LogP contribution in [0.3, 0.4) is 0 Å². The van der Waals surface area contributed by atoms with Crippen molar-refractivity contribution in [2.24, 2.45) is 0 Å². The lowest BCUT2D eigenvalue weighted by Gasteiger charge is -2.15. The van der Waals surface area contributed by atoms with Crippen molar-refractivity contribution in [3.05, 3.63) is 59.7 Å². The standard InChI is InChI=1S/C17H20O2S/c1-2-3-13-4-6-14(7-5-13)17(12-18)20-16-10-8-15(19)9-11-16/h4-11,17-19H,2-3,12H2,1H3. The van der Waals surface area contributed by atoms with Crippen LogP contribution in [0.5, 0.6) is 5.75 Å². The summed E-state index contributed by atoms with van der Waals surface area (Å²) in [5.74, 6) is 0.263. The highest BCUT2D eigenvalue weighted by Gasteiger charge is 2.12. The van der Waals surface area contributed by atoms with Crippen molar-refractivity contribution in [3.8, 4) is 5.75 Å². The van der Waals surface area contributed by atoms with Crippen molar-refractivity contribution < 1.29 is 10.2 Å². The van der Waals surface area contributed by atoms with Crippen molar-refractivity contribution in [2.75, 3.05) is 6.61 Å². The predicted octanol–water partition coefficient (Wildman–Crippen LogP) is 4.17. The smallest absolute Gasteiger partial charge is 0.115 e. The third kappa shape index (κ3) is 4.02. The highest BCUT2D eigenvalue weighted by Crippen LogP contribution is 2.35. The highest BCUT2D eigenvalue weighted by molar-refractivity contribution is 7.99. The van der Waals surface area contributed by atoms with E-state index < -0.39 is 0 Å². The number of hydrogen-bond donors (Lipinski definition) is 2. The van der Waals surface area contributed by atoms with Gasteiger partial charge in [0.1, 0.15) is 5.75 Å². The van der Waals surface area contributed by atoms with Crippen molar-refractivity contribution >= 4 is 11.8 Å². The Balaban J connectivity index is 2.09. The van der Waals surface area contributed by atoms with E-state index in [2.05, 4.69) is 31.2 Å². The van der Waals surface area contributed by atoms with Gasteiger partial charge in [0.2, 0.25) is 0 Å². The molecule has 0 aliphatic heterocycles. The lowest BCUT2D eigenvalue weighted by Crippen LogP contribution is -2.00. The van der Waals surface area contributed by atoms with Crippen LogP contribution in [0.4, 0.5) is 0 Å². The second-order valence-electron chi connectivity index (χ2n) is 4.77. The maximum Gasteiger partial charge on any atom is 0.115 e. The van der Waals surface area contributed by atoms with E-state index in [4.69, 9.17) is 0 Å². The summed E-state index contributed by atoms with van der Waals surface area (Å²) < 4.78 is 0. The van der Waals surface area contributed by atoms with Crippen LogP contribution in [0.2, 0.25) is 0 Å². The summed E-state index contributed by atoms with van der Waals surface area (Å²) in [5.41, 5.74) is 2.47. The molecule has 0 aliphatic rings. The third-order valence-corrected chi connectivity index (χ3v) is 4.42. The van der Waals surface area contributed by atoms with E-state index in [9.17, 15) is 10.2 Å². The zero-order valence-electron chi connectivity index (χ0n) is 11.6. The van der Waals surface area contributed by atoms with Crippen LogP contribution in [0.25, 0.3) is 0 Å². The molecule has 0 aliphatic carbocycles. The summed E-state index contributed by atoms with van der Waals surface area (Å²) in [6.45, 7) is 2.27. The fraction of sp³-hybridized carbons (Fsp3) is 0.294. The first-order valence-corrected chi connectivity index (χ1v) is 7.76. The fourth-order valence-electron chi connectivity index (χ4n) is 2.09. The summed E-state index contributed by atoms with van der Waals surface area (Å²) in [5, 5.41) is 18.9. The number of aryl methyl sites for hydroxylation is 1. The van der Waals surface area contributed by atoms with Crippen molar-refractivity contribution in [1.82, 2.24) is 0 Å². The number of hydrogen-bond acceptors (Lipinski definition) is 3. The Morgan fingerprint density at radius 1 is 1.00 bits per heavy atom. The molecule has 0 saturated carbocycles. The molecule has 2 aromatic carbocycles. The molecule has 20 heavy (non-hydrogen) atoms. The topological polar surface area (TPSA) is 40.5 Å². The molecule has 2 N–H and O–H groups in total. The Bertz CT molecular complexity index is 520. The highest BCUT2D eigenvalue weighted by atomic mass is 32.2. The largest absolute Gasteiger partial charge is 0.508 e. The van der Waals surface area contributed by atoms with Crippen molar-refractivity contribution in [3.63, 3.8) is 0 Å². The first-order chi connectivity index (χ1) is 9.72. The molecule has 0 fully saturated rings. The van der Waals surface area contributed by atoms with E-state index in [0.29, 0.717) is 0 Å². The van der Waals surface area contributed by atoms with Gasteiger partial charge in [-0.15, -0.1) is 11.8 Å². The van der Waals surface area contributed by atoms with Gasteiger partial charge in [-0.2, -0.15) is 0 Å². The lowest BCUT2D eigenvalue weighted by atomic mass is 10.1. The van der Waals surface area contributed by atoms with Gasteiger partial charge in [0, 0.05) is 4.90 Å². The Kier molecular flexibility index (Phi) is 5.50. The molecule has 2 aromatic rings. The van der Waals surface area contributed by atoms with E-state index in [1.165, 1.54) is 5.56 Å². The third-order valence-electron chi connectivity index (χ3n) is 3.17. The second kappa shape index (κ2) is 7.36. The molecule has 3 heteroatoms. The zero-order chi connectivity index (χ0) is 14.4. The van der Waals surface area contributed by atoms with Crippen LogP contribution in [0.15, 0.2) is 53.4 Å². The molecular formula is C17H20O2S. The summed E-state index contributed by atoms with van der Waals surface area (Å²) >= 11 is 1.61. The zero-order valence-corrected chi connectivity index (χ0v) is 12.4. The molecule has 0 heterocycles. The molecule has 0 aromatic heterocycles. The number of phenolic OH excluding ortho intramolecular Hbond substituents is 1. The van der Waals surface area contributed by atoms with Crippen LogP contribution < -0.4 is 0 Å². The van der Waals surface area contributed by atoms with Crippen molar-refractivity contribution in [1.29, 1.82) is 0 Å². The summed E-state index contributed by atoms with van der Waals surface area (Å²) in [6.07, 6.45) is 2.24. The molecule has 1 unspecified atom stereocenters. The Hall–Kier alpha value is -1.45. The molecule has 2 rings (SSSR count). The summed E-state index contributed by atoms with van der Waals surface area (Å²) in [6, 6.07) is 15.5. The number of aliphatic hydroxyl groups excluding tert-OH is 1. The van der Waals surface area contributed by atoms with Crippen LogP contribution in [-0.2, 0) is 6.42 Å². The first-order valence-electron chi connectivity index (χ1n) is 6.88. The Morgan fingerprint density at radius 3 is 2.20 bits per heavy atom. The Labute approximate surface area is 124 Å². The average molecular weight is 288 g/mol. The number of benzene rings is 2. The summed E-state index contributed by atoms with van der Waals surface area (Å²) in [7, 11) is 0. The molecule has 0 saturated heterocycles. The first kappa shape index (κ1) is 14.9. The van der Waals surface area contributed by atoms with Crippen molar-refractivity contribution in [2.45, 2.75) is 29.9 Å². The quantitative estimate of drug-likeness (QED) is 0.784. The van der Waals surface area contributed by atoms with Gasteiger partial charge in [-0.1, -0.05) is 37.6 Å². The monoisotopic (exact) mass is 288 g/mol. The minimum atomic E-state index is 0.0234. The van der Waals surface area contributed by atoms with E-state index in [1.54, 1.807) is 23.9 Å². The van der Waals surface area contributed by atoms with Crippen LogP contribution >= 0.6 is 11.8 Å². The maximum atomic E-state index is 9.60. The van der Waals surface area contributed by atoms with E-state index in [-0.39, 0.29) is 17.6 Å². The van der Waals surface area contributed by atoms with Crippen LogP contribution in [-0.4, -0.2) is 16.8 Å². The van der Waals surface area contributed by atoms with E-state index in [1.807, 2.05) is 12.1 Å². The molecule has 0 bridgehead atoms. The Morgan fingerprint density at radius 2 is 1.65 bits per heavy atom. The SMILES string of the molecule is CCCc1ccc(C(CO)Sc2ccc(O)cc2)cc1. The van der Waals surface area contributed by atoms with Crippen LogP contribution in [0, 0.1) is 0 Å². The van der Waals surface area contributed by atoms with Crippen LogP contribution in [0.1, 0.15) is 29.7 Å². The van der Waals surface area contributed by atoms with Gasteiger partial charge < -0.3 is 10.2 Å². The van der Waals surface area contributed by atoms with Gasteiger partial charge in [0.05, 0.1) is 11.9 Å². The van der Waals surface area contributed by atoms with Gasteiger partial charge in [0.25, 0.3) is 0 Å². The molecule has 0 spiro atoms. The molecule has 1 atom stereocenters. The van der Waals surface area contributed by atoms with E-state index in [0.717, 1.165) is 23.3 Å². The lowest BCUT2D eigenvalue weighted by molar-refractivity contribution is 0.296. The maximum absolute atomic E-state index is 9.60. The number of aliphatic hydroxyl groups is 1. The number of aromatic hydroxyl groups is 1. The van der Waals surface area contributed by atoms with Gasteiger partial charge >= 0.3 is 0 Å². The van der Waals surface area contributed by atoms with Gasteiger partial charge in [-0.25, -0.2) is 0 Å². The van der Waals surface area contributed by atoms with Gasteiger partial charge in [0.15, 0.2) is 0 Å². The molecule has 0 radical (unpaired) electrons. The minimum absolute atomic E-state index is 0.0234. The molecule has 0 amide bonds. The minimum Gasteiger partial charge on any atom is -0.508 e. The number of phenols is 1.